The molecule has 5 heterocycles. The zero-order valence-corrected chi connectivity index (χ0v) is 79.7. The second-order valence-electron chi connectivity index (χ2n) is 37.8. The predicted octanol–water partition coefficient (Wildman–Crippen LogP) is 19.3. The Labute approximate surface area is 729 Å². The third-order valence-corrected chi connectivity index (χ3v) is 28.6. The van der Waals surface area contributed by atoms with Gasteiger partial charge in [-0.05, 0) is 239 Å². The van der Waals surface area contributed by atoms with Gasteiger partial charge in [0.25, 0.3) is 0 Å². The highest BCUT2D eigenvalue weighted by molar-refractivity contribution is 7.92. The summed E-state index contributed by atoms with van der Waals surface area (Å²) in [6.45, 7) is 55.1. The Kier molecular flexibility index (Phi) is 43.5. The van der Waals surface area contributed by atoms with Gasteiger partial charge in [0.1, 0.15) is 12.9 Å². The van der Waals surface area contributed by atoms with Gasteiger partial charge in [0.05, 0.1) is 136 Å². The van der Waals surface area contributed by atoms with E-state index in [0.717, 1.165) is 126 Å². The number of aliphatic imine (C=N–C) groups is 1. The molecule has 2 N–H and O–H groups in total. The van der Waals surface area contributed by atoms with E-state index in [-0.39, 0.29) is 108 Å². The first-order valence-corrected chi connectivity index (χ1v) is 49.5. The smallest absolute Gasteiger partial charge is 0.311 e. The van der Waals surface area contributed by atoms with Crippen molar-refractivity contribution in [1.82, 2.24) is 0 Å². The molecule has 0 saturated carbocycles. The summed E-state index contributed by atoms with van der Waals surface area (Å²) >= 11 is 0. The fraction of sp³-hybridized carbons (Fsp3) is 0.691. The van der Waals surface area contributed by atoms with Gasteiger partial charge in [-0.15, -0.1) is 0 Å². The molecule has 0 spiro atoms. The van der Waals surface area contributed by atoms with E-state index in [1.807, 2.05) is 66.7 Å². The van der Waals surface area contributed by atoms with Crippen LogP contribution in [0.1, 0.15) is 244 Å². The zero-order valence-electron chi connectivity index (χ0n) is 77.3. The van der Waals surface area contributed by atoms with E-state index in [0.29, 0.717) is 77.4 Å². The number of carbonyl (C=O) groups is 3. The van der Waals surface area contributed by atoms with Gasteiger partial charge >= 0.3 is 11.9 Å². The van der Waals surface area contributed by atoms with Crippen LogP contribution < -0.4 is 4.72 Å². The maximum absolute atomic E-state index is 13.5. The number of hydrogen-bond donors (Lipinski definition) is 2. The Balaban J connectivity index is 0.000000309. The number of methoxy groups -OCH3 is 2. The standard InChI is InChI=1S/C41H66O8S.C23H40O3.C19H28O5S.C14H20N2O3S/c1-11-27(2)23-38-39(46-10)34(26-50(44,45)33-17-13-12-14-18-33)37(49-38)25-35(42)31(6)29(4)22-28(3)19-20-36-30(5)24-32(48-36)16-15-21-47-40(43)41(7,8)9;1-16(2)18(4)14-17(3)11-12-21-19(5)15-20(26-21)10-9-13-25-22(24)23(6,7)8;1-4-14(2)12-18-19(23-3)16(17(24-18)10-11-20)13-25(21,22)15-8-6-5-7-9-15;1-9(2)12-8-19-14(15-12)11-7-5-6-10(3)13(11)16-20(4,17)18/h12-14,17-18,27-29,32,34-39,42H,5-6,11,15-16,19-26H2,1-4,7-10H3;17-18,20-21H,1,5,9-15H2,2-4,6-8H3;5-9,11,14,16-19H,4,10,12-13H2,1-3H3;5-7,9,12,16H,8H2,1-4H3/t27-,28-,29-,32+,34+,35?,36?,37+,38-,39-;17-,18-,20+,21+;14-,16+,17+,18-,19-;12-/m1111/s1. The molecular formula is C97H154N2O19S3. The zero-order chi connectivity index (χ0) is 90.5. The Bertz CT molecular complexity index is 4120. The number of allylic oxidation sites excluding steroid dienone is 1. The van der Waals surface area contributed by atoms with Crippen molar-refractivity contribution >= 4 is 59.5 Å². The highest BCUT2D eigenvalue weighted by Gasteiger charge is 2.49. The number of ether oxygens (including phenoxy) is 9. The lowest BCUT2D eigenvalue weighted by atomic mass is 9.84. The maximum Gasteiger partial charge on any atom is 0.311 e. The maximum atomic E-state index is 13.5. The van der Waals surface area contributed by atoms with Crippen LogP contribution in [0.15, 0.2) is 142 Å². The number of sulfonamides is 1. The number of aliphatic hydroxyl groups is 1. The Morgan fingerprint density at radius 3 is 1.44 bits per heavy atom. The molecular weight excluding hydrogens is 1590 g/mol. The molecule has 0 aliphatic carbocycles. The topological polar surface area (TPSA) is 281 Å². The third-order valence-electron chi connectivity index (χ3n) is 24.4. The van der Waals surface area contributed by atoms with E-state index in [1.165, 1.54) is 17.6 Å². The lowest BCUT2D eigenvalue weighted by Gasteiger charge is -2.27. The number of hydrogen-bond acceptors (Lipinski definition) is 20. The van der Waals surface area contributed by atoms with Crippen LogP contribution >= 0.6 is 0 Å². The molecule has 0 bridgehead atoms. The summed E-state index contributed by atoms with van der Waals surface area (Å²) in [5, 5.41) is 11.5. The lowest BCUT2D eigenvalue weighted by Crippen LogP contribution is -2.36. The molecule has 3 aromatic carbocycles. The first kappa shape index (κ1) is 106. The number of aryl methyl sites for hydroxylation is 1. The summed E-state index contributed by atoms with van der Waals surface area (Å²) in [4.78, 5) is 39.9. The SMILES string of the molecule is C=C(C)[C@H](C)C[C@H](C)CC[C@@H]1O[C@@H](CCCOC(=O)C(C)(C)C)CC1=C.C=C1C[C@H](CCCOC(=O)C(C)(C)C)OC1CC[C@@H](C)C[C@@H](C)C(=C)C(O)C[C@@H]1O[C@H](C[C@H](C)CC)[C@H](OC)[C@H]1CS(=O)(=O)c1ccccc1.CC[C@@H](C)C[C@H]1O[C@@H](CC=O)[C@H](CS(=O)(=O)c2ccccc2)[C@H]1OC.Cc1cccc(C2=N[C@@H](C(C)C)CO2)c1NS(C)(=O)=O. The molecule has 0 aromatic heterocycles. The molecule has 21 nitrogen and oxygen atoms in total. The number of nitrogens with zero attached hydrogens (tertiary/aromatic N) is 1. The Morgan fingerprint density at radius 2 is 1.04 bits per heavy atom. The van der Waals surface area contributed by atoms with Crippen molar-refractivity contribution in [3.63, 3.8) is 0 Å². The number of para-hydroxylation sites is 1. The summed E-state index contributed by atoms with van der Waals surface area (Å²) in [7, 11) is -7.20. The van der Waals surface area contributed by atoms with Gasteiger partial charge < -0.3 is 52.5 Å². The summed E-state index contributed by atoms with van der Waals surface area (Å²) in [6, 6.07) is 22.6. The van der Waals surface area contributed by atoms with Crippen molar-refractivity contribution in [2.75, 3.05) is 56.5 Å². The molecule has 0 amide bonds. The van der Waals surface area contributed by atoms with Crippen LogP contribution in [-0.4, -0.2) is 179 Å². The fourth-order valence-electron chi connectivity index (χ4n) is 16.1. The van der Waals surface area contributed by atoms with Crippen molar-refractivity contribution in [1.29, 1.82) is 0 Å². The molecule has 24 heteroatoms. The molecule has 684 valence electrons. The molecule has 0 radical (unpaired) electrons. The van der Waals surface area contributed by atoms with E-state index < -0.39 is 64.8 Å². The number of sulfone groups is 2. The normalized spacial score (nSPS) is 24.9. The van der Waals surface area contributed by atoms with Crippen LogP contribution in [0.2, 0.25) is 0 Å². The number of anilines is 1. The van der Waals surface area contributed by atoms with Crippen LogP contribution in [0, 0.1) is 71.0 Å². The monoisotopic (exact) mass is 1750 g/mol. The van der Waals surface area contributed by atoms with E-state index >= 15 is 0 Å². The summed E-state index contributed by atoms with van der Waals surface area (Å²) in [5.41, 5.74) is 5.52. The number of nitrogens with one attached hydrogen (secondary N) is 1. The van der Waals surface area contributed by atoms with Crippen molar-refractivity contribution in [2.24, 2.45) is 69.1 Å². The first-order chi connectivity index (χ1) is 56.7. The van der Waals surface area contributed by atoms with Crippen molar-refractivity contribution in [3.05, 3.63) is 139 Å². The molecule has 3 aromatic rings. The highest BCUT2D eigenvalue weighted by atomic mass is 32.2. The summed E-state index contributed by atoms with van der Waals surface area (Å²) in [5.74, 6) is 2.18. The van der Waals surface area contributed by atoms with Crippen LogP contribution in [0.3, 0.4) is 0 Å². The number of rotatable bonds is 43. The molecule has 2 unspecified atom stereocenters. The van der Waals surface area contributed by atoms with E-state index in [9.17, 15) is 44.7 Å². The minimum Gasteiger partial charge on any atom is -0.475 e. The minimum absolute atomic E-state index is 0.0318. The number of aliphatic hydroxyl groups excluding tert-OH is 1. The average molecular weight is 1750 g/mol. The van der Waals surface area contributed by atoms with Gasteiger partial charge in [0.2, 0.25) is 15.9 Å². The molecule has 8 rings (SSSR count). The van der Waals surface area contributed by atoms with Crippen LogP contribution in [-0.2, 0) is 86.7 Å². The fourth-order valence-corrected chi connectivity index (χ4v) is 20.1. The van der Waals surface area contributed by atoms with Gasteiger partial charge in [-0.3, -0.25) is 14.3 Å². The summed E-state index contributed by atoms with van der Waals surface area (Å²) in [6.07, 6.45) is 14.9. The van der Waals surface area contributed by atoms with Gasteiger partial charge in [-0.1, -0.05) is 162 Å². The Morgan fingerprint density at radius 1 is 0.603 bits per heavy atom. The largest absolute Gasteiger partial charge is 0.475 e. The van der Waals surface area contributed by atoms with E-state index in [1.54, 1.807) is 74.9 Å². The number of benzene rings is 3. The quantitative estimate of drug-likeness (QED) is 0.0230. The van der Waals surface area contributed by atoms with Gasteiger partial charge in [0.15, 0.2) is 19.7 Å². The van der Waals surface area contributed by atoms with Crippen molar-refractivity contribution < 1.29 is 87.4 Å². The van der Waals surface area contributed by atoms with Crippen molar-refractivity contribution in [3.8, 4) is 0 Å². The Hall–Kier alpha value is -5.93. The lowest BCUT2D eigenvalue weighted by molar-refractivity contribution is -0.153. The van der Waals surface area contributed by atoms with Crippen molar-refractivity contribution in [2.45, 2.75) is 323 Å². The number of carbonyl (C=O) groups excluding carboxylic acids is 3. The van der Waals surface area contributed by atoms with Gasteiger partial charge in [0, 0.05) is 38.9 Å². The molecule has 4 saturated heterocycles. The average Bonchev–Trinajstić information content (AvgIpc) is 1.65. The van der Waals surface area contributed by atoms with Crippen LogP contribution in [0.5, 0.6) is 0 Å². The van der Waals surface area contributed by atoms with Crippen LogP contribution in [0.4, 0.5) is 5.69 Å². The van der Waals surface area contributed by atoms with E-state index in [2.05, 4.69) is 112 Å². The van der Waals surface area contributed by atoms with Gasteiger partial charge in [-0.25, -0.2) is 30.2 Å². The molecule has 4 fully saturated rings. The van der Waals surface area contributed by atoms with Crippen LogP contribution in [0.25, 0.3) is 0 Å². The van der Waals surface area contributed by atoms with E-state index in [4.69, 9.17) is 42.6 Å². The molecule has 5 aliphatic heterocycles. The predicted molar refractivity (Wildman–Crippen MR) is 486 cm³/mol. The third kappa shape index (κ3) is 34.7. The van der Waals surface area contributed by atoms with Gasteiger partial charge in [-0.2, -0.15) is 0 Å². The molecule has 20 atom stereocenters. The molecule has 121 heavy (non-hydrogen) atoms. The minimum atomic E-state index is -3.60. The molecule has 5 aliphatic rings. The number of aldehydes is 1. The number of esters is 2. The first-order valence-electron chi connectivity index (χ1n) is 44.3. The second-order valence-corrected chi connectivity index (χ2v) is 43.6. The summed E-state index contributed by atoms with van der Waals surface area (Å²) < 4.78 is 131. The highest BCUT2D eigenvalue weighted by Crippen LogP contribution is 2.42. The second kappa shape index (κ2) is 49.8.